The molecule has 0 amide bonds. The van der Waals surface area contributed by atoms with Gasteiger partial charge < -0.3 is 4.57 Å². The molecule has 1 aromatic carbocycles. The molecule has 2 aromatic rings. The first kappa shape index (κ1) is 17.3. The van der Waals surface area contributed by atoms with E-state index in [-0.39, 0.29) is 5.56 Å². The lowest BCUT2D eigenvalue weighted by atomic mass is 9.97. The topological polar surface area (TPSA) is 22.0 Å². The first-order chi connectivity index (χ1) is 11.2. The highest BCUT2D eigenvalue weighted by Gasteiger charge is 2.12. The number of aromatic nitrogens is 1. The fourth-order valence-corrected chi connectivity index (χ4v) is 2.88. The van der Waals surface area contributed by atoms with Gasteiger partial charge in [0.25, 0.3) is 5.56 Å². The molecule has 0 atom stereocenters. The van der Waals surface area contributed by atoms with Crippen molar-refractivity contribution in [3.8, 4) is 0 Å². The Balaban J connectivity index is 2.43. The van der Waals surface area contributed by atoms with Crippen LogP contribution in [0.4, 0.5) is 0 Å². The summed E-state index contributed by atoms with van der Waals surface area (Å²) in [6.45, 7) is 7.01. The Kier molecular flexibility index (Phi) is 6.40. The number of rotatable bonds is 7. The smallest absolute Gasteiger partial charge is 0.258 e. The van der Waals surface area contributed by atoms with Crippen molar-refractivity contribution in [2.75, 3.05) is 0 Å². The van der Waals surface area contributed by atoms with Crippen LogP contribution < -0.4 is 5.56 Å². The van der Waals surface area contributed by atoms with Crippen LogP contribution in [0, 0.1) is 6.92 Å². The van der Waals surface area contributed by atoms with E-state index >= 15 is 0 Å². The van der Waals surface area contributed by atoms with E-state index < -0.39 is 0 Å². The van der Waals surface area contributed by atoms with E-state index in [9.17, 15) is 4.79 Å². The van der Waals surface area contributed by atoms with E-state index in [1.807, 2.05) is 35.9 Å². The summed E-state index contributed by atoms with van der Waals surface area (Å²) in [6, 6.07) is 12.2. The van der Waals surface area contributed by atoms with Crippen LogP contribution in [0.15, 0.2) is 53.5 Å². The molecule has 1 aromatic heterocycles. The number of benzene rings is 1. The molecule has 0 saturated carbocycles. The lowest BCUT2D eigenvalue weighted by Gasteiger charge is -2.14. The Labute approximate surface area is 139 Å². The number of pyridine rings is 1. The second-order valence-corrected chi connectivity index (χ2v) is 6.06. The lowest BCUT2D eigenvalue weighted by Crippen LogP contribution is -2.24. The summed E-state index contributed by atoms with van der Waals surface area (Å²) in [5.41, 5.74) is 4.47. The number of hydrogen-bond donors (Lipinski definition) is 0. The van der Waals surface area contributed by atoms with Crippen LogP contribution in [0.1, 0.15) is 56.2 Å². The molecule has 2 rings (SSSR count). The summed E-state index contributed by atoms with van der Waals surface area (Å²) in [5, 5.41) is 0. The monoisotopic (exact) mass is 309 g/mol. The van der Waals surface area contributed by atoms with E-state index in [0.29, 0.717) is 6.54 Å². The largest absolute Gasteiger partial charge is 0.311 e. The van der Waals surface area contributed by atoms with E-state index in [2.05, 4.69) is 38.1 Å². The number of allylic oxidation sites excluding steroid dienone is 2. The Morgan fingerprint density at radius 1 is 1.09 bits per heavy atom. The van der Waals surface area contributed by atoms with Crippen molar-refractivity contribution in [1.82, 2.24) is 4.57 Å². The quantitative estimate of drug-likeness (QED) is 0.690. The standard InChI is InChI=1S/C21H27NO/c1-4-6-13-19(10-5-2)20-17(3)14-15-22(21(20)23)16-18-11-8-7-9-12-18/h7-9,11-15H,4-6,10,16H2,1-3H3. The van der Waals surface area contributed by atoms with Gasteiger partial charge in [0, 0.05) is 11.8 Å². The van der Waals surface area contributed by atoms with Gasteiger partial charge in [-0.1, -0.05) is 63.1 Å². The number of unbranched alkanes of at least 4 members (excludes halogenated alkanes) is 1. The van der Waals surface area contributed by atoms with Crippen LogP contribution in [0.25, 0.3) is 5.57 Å². The number of aryl methyl sites for hydroxylation is 1. The highest BCUT2D eigenvalue weighted by molar-refractivity contribution is 5.67. The van der Waals surface area contributed by atoms with Crippen LogP contribution in [0.3, 0.4) is 0 Å². The molecule has 1 heterocycles. The molecule has 0 spiro atoms. The predicted octanol–water partition coefficient (Wildman–Crippen LogP) is 5.19. The molecule has 122 valence electrons. The van der Waals surface area contributed by atoms with Crippen LogP contribution in [0.5, 0.6) is 0 Å². The van der Waals surface area contributed by atoms with Crippen molar-refractivity contribution in [2.24, 2.45) is 0 Å². The van der Waals surface area contributed by atoms with E-state index in [1.165, 1.54) is 5.57 Å². The summed E-state index contributed by atoms with van der Waals surface area (Å²) < 4.78 is 1.83. The maximum atomic E-state index is 13.0. The summed E-state index contributed by atoms with van der Waals surface area (Å²) in [4.78, 5) is 13.0. The minimum Gasteiger partial charge on any atom is -0.311 e. The van der Waals surface area contributed by atoms with Crippen molar-refractivity contribution in [3.05, 3.63) is 75.7 Å². The maximum absolute atomic E-state index is 13.0. The van der Waals surface area contributed by atoms with Crippen molar-refractivity contribution < 1.29 is 0 Å². The van der Waals surface area contributed by atoms with Gasteiger partial charge >= 0.3 is 0 Å². The van der Waals surface area contributed by atoms with Gasteiger partial charge in [-0.15, -0.1) is 0 Å². The van der Waals surface area contributed by atoms with Gasteiger partial charge in [0.05, 0.1) is 6.54 Å². The summed E-state index contributed by atoms with van der Waals surface area (Å²) in [6.07, 6.45) is 8.32. The van der Waals surface area contributed by atoms with Crippen molar-refractivity contribution in [2.45, 2.75) is 53.0 Å². The Morgan fingerprint density at radius 2 is 1.83 bits per heavy atom. The Hall–Kier alpha value is -2.09. The maximum Gasteiger partial charge on any atom is 0.258 e. The van der Waals surface area contributed by atoms with Crippen molar-refractivity contribution >= 4 is 5.57 Å². The normalized spacial score (nSPS) is 11.7. The van der Waals surface area contributed by atoms with Crippen LogP contribution in [-0.4, -0.2) is 4.57 Å². The van der Waals surface area contributed by atoms with E-state index in [0.717, 1.165) is 42.4 Å². The lowest BCUT2D eigenvalue weighted by molar-refractivity contribution is 0.752. The van der Waals surface area contributed by atoms with Gasteiger partial charge in [0.15, 0.2) is 0 Å². The SMILES string of the molecule is CCCC=C(CCC)c1c(C)ccn(Cc2ccccc2)c1=O. The van der Waals surface area contributed by atoms with E-state index in [4.69, 9.17) is 0 Å². The van der Waals surface area contributed by atoms with Gasteiger partial charge in [-0.3, -0.25) is 4.79 Å². The molecule has 0 unspecified atom stereocenters. The molecule has 2 nitrogen and oxygen atoms in total. The average molecular weight is 309 g/mol. The zero-order chi connectivity index (χ0) is 16.7. The highest BCUT2D eigenvalue weighted by Crippen LogP contribution is 2.21. The van der Waals surface area contributed by atoms with Crippen molar-refractivity contribution in [1.29, 1.82) is 0 Å². The van der Waals surface area contributed by atoms with Gasteiger partial charge in [-0.05, 0) is 42.5 Å². The first-order valence-corrected chi connectivity index (χ1v) is 8.60. The molecule has 0 saturated heterocycles. The Morgan fingerprint density at radius 3 is 2.48 bits per heavy atom. The second kappa shape index (κ2) is 8.52. The number of nitrogens with zero attached hydrogens (tertiary/aromatic N) is 1. The third kappa shape index (κ3) is 4.44. The highest BCUT2D eigenvalue weighted by atomic mass is 16.1. The summed E-state index contributed by atoms with van der Waals surface area (Å²) >= 11 is 0. The van der Waals surface area contributed by atoms with Gasteiger partial charge in [-0.2, -0.15) is 0 Å². The molecule has 0 aliphatic heterocycles. The summed E-state index contributed by atoms with van der Waals surface area (Å²) in [5.74, 6) is 0. The molecular formula is C21H27NO. The minimum atomic E-state index is 0.129. The average Bonchev–Trinajstić information content (AvgIpc) is 2.56. The minimum absolute atomic E-state index is 0.129. The predicted molar refractivity (Wildman–Crippen MR) is 98.8 cm³/mol. The van der Waals surface area contributed by atoms with E-state index in [1.54, 1.807) is 0 Å². The zero-order valence-electron chi connectivity index (χ0n) is 14.5. The molecule has 0 N–H and O–H groups in total. The molecule has 0 aliphatic rings. The molecule has 0 fully saturated rings. The fraction of sp³-hybridized carbons (Fsp3) is 0.381. The molecule has 0 aliphatic carbocycles. The second-order valence-electron chi connectivity index (χ2n) is 6.06. The van der Waals surface area contributed by atoms with Crippen molar-refractivity contribution in [3.63, 3.8) is 0 Å². The third-order valence-electron chi connectivity index (χ3n) is 4.09. The molecule has 23 heavy (non-hydrogen) atoms. The molecule has 2 heteroatoms. The fourth-order valence-electron chi connectivity index (χ4n) is 2.88. The van der Waals surface area contributed by atoms with Crippen LogP contribution in [0.2, 0.25) is 0 Å². The first-order valence-electron chi connectivity index (χ1n) is 8.60. The van der Waals surface area contributed by atoms with Crippen LogP contribution >= 0.6 is 0 Å². The summed E-state index contributed by atoms with van der Waals surface area (Å²) in [7, 11) is 0. The Bertz CT molecular complexity index is 710. The number of hydrogen-bond acceptors (Lipinski definition) is 1. The van der Waals surface area contributed by atoms with Gasteiger partial charge in [0.1, 0.15) is 0 Å². The molecular weight excluding hydrogens is 282 g/mol. The van der Waals surface area contributed by atoms with Gasteiger partial charge in [-0.25, -0.2) is 0 Å². The zero-order valence-corrected chi connectivity index (χ0v) is 14.5. The van der Waals surface area contributed by atoms with Gasteiger partial charge in [0.2, 0.25) is 0 Å². The molecule has 0 bridgehead atoms. The van der Waals surface area contributed by atoms with Crippen LogP contribution in [-0.2, 0) is 6.54 Å². The third-order valence-corrected chi connectivity index (χ3v) is 4.09. The molecule has 0 radical (unpaired) electrons.